The van der Waals surface area contributed by atoms with Gasteiger partial charge < -0.3 is 10.0 Å². The molecule has 3 nitrogen and oxygen atoms in total. The van der Waals surface area contributed by atoms with E-state index in [1.807, 2.05) is 13.0 Å². The number of nitrogens with zero attached hydrogens (tertiary/aromatic N) is 2. The van der Waals surface area contributed by atoms with Gasteiger partial charge in [0.25, 0.3) is 0 Å². The fraction of sp³-hybridized carbons (Fsp3) is 0.571. The normalized spacial score (nSPS) is 18.5. The molecule has 1 heterocycles. The van der Waals surface area contributed by atoms with Crippen LogP contribution in [0.1, 0.15) is 16.7 Å². The van der Waals surface area contributed by atoms with Crippen molar-refractivity contribution in [3.8, 4) is 5.75 Å². The van der Waals surface area contributed by atoms with Crippen molar-refractivity contribution >= 4 is 0 Å². The van der Waals surface area contributed by atoms with E-state index in [9.17, 15) is 5.11 Å². The van der Waals surface area contributed by atoms with Crippen LogP contribution in [0.25, 0.3) is 0 Å². The molecule has 0 radical (unpaired) electrons. The summed E-state index contributed by atoms with van der Waals surface area (Å²) in [5, 5.41) is 10.1. The maximum atomic E-state index is 10.1. The molecule has 3 heteroatoms. The largest absolute Gasteiger partial charge is 0.507 e. The molecule has 1 saturated heterocycles. The molecule has 1 aliphatic heterocycles. The molecule has 0 bridgehead atoms. The minimum absolute atomic E-state index is 0.467. The second kappa shape index (κ2) is 5.07. The van der Waals surface area contributed by atoms with E-state index in [1.165, 1.54) is 5.56 Å². The Kier molecular flexibility index (Phi) is 3.69. The van der Waals surface area contributed by atoms with Crippen LogP contribution in [0.4, 0.5) is 0 Å². The van der Waals surface area contributed by atoms with E-state index in [1.54, 1.807) is 0 Å². The Morgan fingerprint density at radius 1 is 1.12 bits per heavy atom. The molecule has 1 N–H and O–H groups in total. The molecule has 0 unspecified atom stereocenters. The zero-order chi connectivity index (χ0) is 12.4. The van der Waals surface area contributed by atoms with Crippen molar-refractivity contribution in [1.29, 1.82) is 0 Å². The van der Waals surface area contributed by atoms with Gasteiger partial charge in [0.15, 0.2) is 0 Å². The predicted octanol–water partition coefficient (Wildman–Crippen LogP) is 1.76. The number of piperazine rings is 1. The van der Waals surface area contributed by atoms with Crippen LogP contribution in [0.5, 0.6) is 5.75 Å². The van der Waals surface area contributed by atoms with E-state index in [2.05, 4.69) is 29.8 Å². The lowest BCUT2D eigenvalue weighted by atomic mass is 10.0. The number of hydrogen-bond acceptors (Lipinski definition) is 3. The highest BCUT2D eigenvalue weighted by molar-refractivity contribution is 5.42. The SMILES string of the molecule is Cc1cc(C)c(O)c(CN2CCN(C)CC2)c1. The van der Waals surface area contributed by atoms with Crippen LogP contribution < -0.4 is 0 Å². The first-order chi connectivity index (χ1) is 8.06. The molecule has 0 saturated carbocycles. The van der Waals surface area contributed by atoms with Crippen molar-refractivity contribution < 1.29 is 5.11 Å². The number of benzene rings is 1. The van der Waals surface area contributed by atoms with Gasteiger partial charge in [0, 0.05) is 38.3 Å². The molecule has 94 valence electrons. The van der Waals surface area contributed by atoms with E-state index < -0.39 is 0 Å². The number of likely N-dealkylation sites (N-methyl/N-ethyl adjacent to an activating group) is 1. The molecule has 1 aromatic rings. The molecular formula is C14H22N2O. The summed E-state index contributed by atoms with van der Waals surface area (Å²) in [4.78, 5) is 4.76. The Labute approximate surface area is 104 Å². The molecule has 2 rings (SSSR count). The number of hydrogen-bond donors (Lipinski definition) is 1. The molecule has 1 fully saturated rings. The fourth-order valence-corrected chi connectivity index (χ4v) is 2.42. The van der Waals surface area contributed by atoms with Gasteiger partial charge >= 0.3 is 0 Å². The molecule has 0 aliphatic carbocycles. The van der Waals surface area contributed by atoms with Crippen molar-refractivity contribution in [3.63, 3.8) is 0 Å². The summed E-state index contributed by atoms with van der Waals surface area (Å²) in [5.74, 6) is 0.467. The molecule has 0 aromatic heterocycles. The van der Waals surface area contributed by atoms with Gasteiger partial charge in [-0.3, -0.25) is 4.90 Å². The van der Waals surface area contributed by atoms with Gasteiger partial charge in [-0.1, -0.05) is 17.7 Å². The van der Waals surface area contributed by atoms with Crippen molar-refractivity contribution in [2.24, 2.45) is 0 Å². The standard InChI is InChI=1S/C14H22N2O/c1-11-8-12(2)14(17)13(9-11)10-16-6-4-15(3)5-7-16/h8-9,17H,4-7,10H2,1-3H3. The van der Waals surface area contributed by atoms with Gasteiger partial charge in [0.1, 0.15) is 5.75 Å². The molecule has 0 amide bonds. The van der Waals surface area contributed by atoms with Gasteiger partial charge in [-0.15, -0.1) is 0 Å². The van der Waals surface area contributed by atoms with Crippen LogP contribution in [0.15, 0.2) is 12.1 Å². The molecule has 1 aromatic carbocycles. The van der Waals surface area contributed by atoms with E-state index in [0.29, 0.717) is 5.75 Å². The summed E-state index contributed by atoms with van der Waals surface area (Å²) in [5.41, 5.74) is 3.27. The second-order valence-corrected chi connectivity index (χ2v) is 5.17. The zero-order valence-electron chi connectivity index (χ0n) is 11.0. The second-order valence-electron chi connectivity index (χ2n) is 5.17. The Morgan fingerprint density at radius 3 is 2.41 bits per heavy atom. The van der Waals surface area contributed by atoms with Crippen molar-refractivity contribution in [1.82, 2.24) is 9.80 Å². The minimum Gasteiger partial charge on any atom is -0.507 e. The first kappa shape index (κ1) is 12.4. The fourth-order valence-electron chi connectivity index (χ4n) is 2.42. The van der Waals surface area contributed by atoms with Gasteiger partial charge in [-0.05, 0) is 26.5 Å². The summed E-state index contributed by atoms with van der Waals surface area (Å²) in [6.45, 7) is 9.32. The molecule has 1 aliphatic rings. The number of phenolic OH excluding ortho intramolecular Hbond substituents is 1. The third kappa shape index (κ3) is 2.99. The maximum Gasteiger partial charge on any atom is 0.122 e. The highest BCUT2D eigenvalue weighted by Crippen LogP contribution is 2.25. The lowest BCUT2D eigenvalue weighted by molar-refractivity contribution is 0.147. The van der Waals surface area contributed by atoms with Crippen LogP contribution in [0, 0.1) is 13.8 Å². The Hall–Kier alpha value is -1.06. The van der Waals surface area contributed by atoms with Crippen molar-refractivity contribution in [2.75, 3.05) is 33.2 Å². The predicted molar refractivity (Wildman–Crippen MR) is 70.4 cm³/mol. The van der Waals surface area contributed by atoms with Crippen molar-refractivity contribution in [3.05, 3.63) is 28.8 Å². The first-order valence-electron chi connectivity index (χ1n) is 6.26. The number of aromatic hydroxyl groups is 1. The summed E-state index contributed by atoms with van der Waals surface area (Å²) < 4.78 is 0. The van der Waals surface area contributed by atoms with E-state index in [-0.39, 0.29) is 0 Å². The first-order valence-corrected chi connectivity index (χ1v) is 6.26. The van der Waals surface area contributed by atoms with Crippen molar-refractivity contribution in [2.45, 2.75) is 20.4 Å². The number of rotatable bonds is 2. The minimum atomic E-state index is 0.467. The average Bonchev–Trinajstić information content (AvgIpc) is 2.28. The quantitative estimate of drug-likeness (QED) is 0.844. The third-order valence-corrected chi connectivity index (χ3v) is 3.51. The summed E-state index contributed by atoms with van der Waals surface area (Å²) >= 11 is 0. The topological polar surface area (TPSA) is 26.7 Å². The average molecular weight is 234 g/mol. The lowest BCUT2D eigenvalue weighted by Gasteiger charge is -2.32. The third-order valence-electron chi connectivity index (χ3n) is 3.51. The maximum absolute atomic E-state index is 10.1. The highest BCUT2D eigenvalue weighted by atomic mass is 16.3. The van der Waals surface area contributed by atoms with Crippen LogP contribution in [-0.2, 0) is 6.54 Å². The Balaban J connectivity index is 2.08. The number of phenols is 1. The monoisotopic (exact) mass is 234 g/mol. The summed E-state index contributed by atoms with van der Waals surface area (Å²) in [6.07, 6.45) is 0. The smallest absolute Gasteiger partial charge is 0.122 e. The van der Waals surface area contributed by atoms with Gasteiger partial charge in [0.2, 0.25) is 0 Å². The number of aryl methyl sites for hydroxylation is 2. The van der Waals surface area contributed by atoms with Crippen LogP contribution >= 0.6 is 0 Å². The zero-order valence-corrected chi connectivity index (χ0v) is 11.0. The van der Waals surface area contributed by atoms with Gasteiger partial charge in [-0.25, -0.2) is 0 Å². The van der Waals surface area contributed by atoms with Crippen LogP contribution in [0.3, 0.4) is 0 Å². The Bertz CT molecular complexity index is 395. The highest BCUT2D eigenvalue weighted by Gasteiger charge is 2.16. The lowest BCUT2D eigenvalue weighted by Crippen LogP contribution is -2.43. The van der Waals surface area contributed by atoms with Crippen LogP contribution in [0.2, 0.25) is 0 Å². The molecule has 0 spiro atoms. The molecular weight excluding hydrogens is 212 g/mol. The van der Waals surface area contributed by atoms with Gasteiger partial charge in [-0.2, -0.15) is 0 Å². The van der Waals surface area contributed by atoms with Crippen LogP contribution in [-0.4, -0.2) is 48.1 Å². The summed E-state index contributed by atoms with van der Waals surface area (Å²) in [7, 11) is 2.16. The molecule has 17 heavy (non-hydrogen) atoms. The Morgan fingerprint density at radius 2 is 1.76 bits per heavy atom. The van der Waals surface area contributed by atoms with E-state index in [4.69, 9.17) is 0 Å². The molecule has 0 atom stereocenters. The van der Waals surface area contributed by atoms with E-state index >= 15 is 0 Å². The van der Waals surface area contributed by atoms with Gasteiger partial charge in [0.05, 0.1) is 0 Å². The summed E-state index contributed by atoms with van der Waals surface area (Å²) in [6, 6.07) is 4.13. The van der Waals surface area contributed by atoms with E-state index in [0.717, 1.165) is 43.9 Å².